The molecule has 1 saturated heterocycles. The molecule has 0 unspecified atom stereocenters. The first kappa shape index (κ1) is 16.5. The third-order valence-electron chi connectivity index (χ3n) is 2.40. The highest BCUT2D eigenvalue weighted by Crippen LogP contribution is 2.25. The van der Waals surface area contributed by atoms with Crippen molar-refractivity contribution < 1.29 is 33.7 Å². The van der Waals surface area contributed by atoms with Crippen molar-refractivity contribution >= 4 is 11.9 Å². The molecule has 0 spiro atoms. The van der Waals surface area contributed by atoms with E-state index in [0.717, 1.165) is 13.8 Å². The molecule has 0 aliphatic carbocycles. The van der Waals surface area contributed by atoms with Crippen molar-refractivity contribution in [3.05, 3.63) is 20.6 Å². The van der Waals surface area contributed by atoms with Crippen LogP contribution in [0, 0.1) is 10.1 Å². The average Bonchev–Trinajstić information content (AvgIpc) is 2.34. The number of hydrogen-bond donors (Lipinski definition) is 0. The van der Waals surface area contributed by atoms with Gasteiger partial charge in [0.2, 0.25) is 6.29 Å². The Kier molecular flexibility index (Phi) is 5.69. The topological polar surface area (TPSA) is 163 Å². The van der Waals surface area contributed by atoms with Crippen LogP contribution in [0.3, 0.4) is 0 Å². The first-order valence-electron chi connectivity index (χ1n) is 5.66. The summed E-state index contributed by atoms with van der Waals surface area (Å²) in [6.07, 6.45) is -3.92. The van der Waals surface area contributed by atoms with Crippen molar-refractivity contribution in [2.45, 2.75) is 38.4 Å². The molecule has 1 aliphatic rings. The molecule has 116 valence electrons. The molecule has 12 heteroatoms. The summed E-state index contributed by atoms with van der Waals surface area (Å²) >= 11 is 0. The zero-order valence-electron chi connectivity index (χ0n) is 11.1. The Morgan fingerprint density at radius 3 is 2.48 bits per heavy atom. The highest BCUT2D eigenvalue weighted by molar-refractivity contribution is 5.67. The molecule has 0 bridgehead atoms. The van der Waals surface area contributed by atoms with Gasteiger partial charge in [0.15, 0.2) is 12.2 Å². The number of hydrogen-bond acceptors (Lipinski definition) is 9. The summed E-state index contributed by atoms with van der Waals surface area (Å²) in [5.74, 6) is -1.44. The predicted octanol–water partition coefficient (Wildman–Crippen LogP) is 0.0933. The molecule has 0 aromatic carbocycles. The minimum atomic E-state index is -1.58. The van der Waals surface area contributed by atoms with Gasteiger partial charge in [0.25, 0.3) is 5.09 Å². The van der Waals surface area contributed by atoms with Gasteiger partial charge in [-0.15, -0.1) is 10.1 Å². The van der Waals surface area contributed by atoms with Crippen LogP contribution in [0.5, 0.6) is 0 Å². The maximum Gasteiger partial charge on any atom is 0.303 e. The van der Waals surface area contributed by atoms with E-state index in [2.05, 4.69) is 14.9 Å². The Hall–Kier alpha value is -2.59. The van der Waals surface area contributed by atoms with E-state index >= 15 is 0 Å². The molecule has 0 radical (unpaired) electrons. The molecule has 0 aromatic heterocycles. The van der Waals surface area contributed by atoms with Crippen LogP contribution in [0.25, 0.3) is 10.4 Å². The fourth-order valence-electron chi connectivity index (χ4n) is 1.77. The first-order valence-corrected chi connectivity index (χ1v) is 5.66. The molecule has 0 aromatic rings. The van der Waals surface area contributed by atoms with E-state index in [4.69, 9.17) is 19.7 Å². The van der Waals surface area contributed by atoms with Gasteiger partial charge in [0.05, 0.1) is 6.61 Å². The number of rotatable bonds is 5. The van der Waals surface area contributed by atoms with Crippen LogP contribution in [0.15, 0.2) is 5.11 Å². The zero-order chi connectivity index (χ0) is 16.0. The van der Waals surface area contributed by atoms with Crippen molar-refractivity contribution in [3.8, 4) is 0 Å². The van der Waals surface area contributed by atoms with E-state index in [1.807, 2.05) is 0 Å². The van der Waals surface area contributed by atoms with E-state index in [1.54, 1.807) is 0 Å². The highest BCUT2D eigenvalue weighted by Gasteiger charge is 2.46. The highest BCUT2D eigenvalue weighted by atomic mass is 17.0. The monoisotopic (exact) mass is 304 g/mol. The van der Waals surface area contributed by atoms with Crippen molar-refractivity contribution in [1.29, 1.82) is 0 Å². The molecule has 1 heterocycles. The summed E-state index contributed by atoms with van der Waals surface area (Å²) < 4.78 is 14.8. The molecule has 1 fully saturated rings. The second-order valence-corrected chi connectivity index (χ2v) is 3.95. The predicted molar refractivity (Wildman–Crippen MR) is 61.9 cm³/mol. The van der Waals surface area contributed by atoms with Crippen LogP contribution in [0.2, 0.25) is 0 Å². The van der Waals surface area contributed by atoms with Crippen molar-refractivity contribution in [2.24, 2.45) is 5.11 Å². The van der Waals surface area contributed by atoms with E-state index in [1.165, 1.54) is 0 Å². The summed E-state index contributed by atoms with van der Waals surface area (Å²) in [5, 5.41) is 12.5. The standard InChI is InChI=1S/C9H12N4O8/c1-4(14)19-6-3-18-9(21-13(16)17)7(11-12-10)8(6)20-5(2)15/h6-9H,3H2,1-2H3/t6-,7-,8+,9+/m1/s1. The molecule has 0 amide bonds. The largest absolute Gasteiger partial charge is 0.458 e. The van der Waals surface area contributed by atoms with Crippen molar-refractivity contribution in [3.63, 3.8) is 0 Å². The van der Waals surface area contributed by atoms with Crippen LogP contribution in [-0.4, -0.2) is 48.2 Å². The molecule has 4 atom stereocenters. The lowest BCUT2D eigenvalue weighted by atomic mass is 10.0. The molecule has 1 aliphatic heterocycles. The number of nitrogens with zero attached hydrogens (tertiary/aromatic N) is 4. The Bertz CT molecular complexity index is 476. The van der Waals surface area contributed by atoms with E-state index in [-0.39, 0.29) is 6.61 Å². The summed E-state index contributed by atoms with van der Waals surface area (Å²) in [5.41, 5.74) is 8.52. The fourth-order valence-corrected chi connectivity index (χ4v) is 1.77. The van der Waals surface area contributed by atoms with E-state index in [9.17, 15) is 19.7 Å². The summed E-state index contributed by atoms with van der Waals surface area (Å²) in [7, 11) is 0. The molecular weight excluding hydrogens is 292 g/mol. The molecular formula is C9H12N4O8. The van der Waals surface area contributed by atoms with Crippen LogP contribution in [0.1, 0.15) is 13.8 Å². The second-order valence-electron chi connectivity index (χ2n) is 3.95. The van der Waals surface area contributed by atoms with Crippen LogP contribution < -0.4 is 0 Å². The van der Waals surface area contributed by atoms with Crippen LogP contribution in [0.4, 0.5) is 0 Å². The molecule has 12 nitrogen and oxygen atoms in total. The summed E-state index contributed by atoms with van der Waals surface area (Å²) in [6, 6.07) is -1.39. The van der Waals surface area contributed by atoms with Gasteiger partial charge in [-0.2, -0.15) is 0 Å². The van der Waals surface area contributed by atoms with Gasteiger partial charge in [-0.25, -0.2) is 0 Å². The van der Waals surface area contributed by atoms with Gasteiger partial charge in [0.1, 0.15) is 6.04 Å². The Labute approximate surface area is 117 Å². The lowest BCUT2D eigenvalue weighted by Crippen LogP contribution is -2.56. The van der Waals surface area contributed by atoms with Crippen LogP contribution in [-0.2, 0) is 28.6 Å². The van der Waals surface area contributed by atoms with Crippen LogP contribution >= 0.6 is 0 Å². The summed E-state index contributed by atoms with van der Waals surface area (Å²) in [6.45, 7) is 1.87. The average molecular weight is 304 g/mol. The number of esters is 2. The first-order chi connectivity index (χ1) is 9.85. The van der Waals surface area contributed by atoms with Crippen molar-refractivity contribution in [1.82, 2.24) is 0 Å². The van der Waals surface area contributed by atoms with E-state index < -0.39 is 41.6 Å². The quantitative estimate of drug-likeness (QED) is 0.172. The number of azide groups is 1. The smallest absolute Gasteiger partial charge is 0.303 e. The lowest BCUT2D eigenvalue weighted by molar-refractivity contribution is -0.782. The van der Waals surface area contributed by atoms with Gasteiger partial charge in [-0.05, 0) is 5.53 Å². The lowest BCUT2D eigenvalue weighted by Gasteiger charge is -2.37. The number of ether oxygens (including phenoxy) is 3. The van der Waals surface area contributed by atoms with Gasteiger partial charge >= 0.3 is 11.9 Å². The Balaban J connectivity index is 3.03. The molecule has 0 saturated carbocycles. The van der Waals surface area contributed by atoms with E-state index in [0.29, 0.717) is 0 Å². The minimum absolute atomic E-state index is 0.326. The number of carbonyl (C=O) groups excluding carboxylic acids is 2. The molecule has 21 heavy (non-hydrogen) atoms. The second kappa shape index (κ2) is 7.26. The molecule has 1 rings (SSSR count). The Morgan fingerprint density at radius 2 is 2.00 bits per heavy atom. The number of carbonyl (C=O) groups is 2. The maximum absolute atomic E-state index is 11.1. The third kappa shape index (κ3) is 4.78. The Morgan fingerprint density at radius 1 is 1.38 bits per heavy atom. The SMILES string of the molecule is CC(=O)O[C@@H]1[C@@H](N=[N+]=[N-])[C@H](O[N+](=O)[O-])OC[C@H]1OC(C)=O. The van der Waals surface area contributed by atoms with Gasteiger partial charge < -0.3 is 14.2 Å². The minimum Gasteiger partial charge on any atom is -0.458 e. The van der Waals surface area contributed by atoms with Gasteiger partial charge in [-0.1, -0.05) is 5.11 Å². The van der Waals surface area contributed by atoms with Gasteiger partial charge in [-0.3, -0.25) is 14.4 Å². The summed E-state index contributed by atoms with van der Waals surface area (Å²) in [4.78, 5) is 39.2. The normalized spacial score (nSPS) is 27.9. The molecule has 0 N–H and O–H groups in total. The zero-order valence-corrected chi connectivity index (χ0v) is 11.1. The third-order valence-corrected chi connectivity index (χ3v) is 2.40. The fraction of sp³-hybridized carbons (Fsp3) is 0.778. The maximum atomic E-state index is 11.1. The van der Waals surface area contributed by atoms with Gasteiger partial charge in [0, 0.05) is 18.8 Å². The van der Waals surface area contributed by atoms with Crippen molar-refractivity contribution in [2.75, 3.05) is 6.61 Å².